The molecule has 1 fully saturated rings. The van der Waals surface area contributed by atoms with Crippen molar-refractivity contribution >= 4 is 16.3 Å². The molecule has 28 heavy (non-hydrogen) atoms. The fraction of sp³-hybridized carbons (Fsp3) is 0.476. The number of likely N-dealkylation sites (N-methyl/N-ethyl adjacent to an activating group) is 2. The molecular weight excluding hydrogens is 370 g/mol. The van der Waals surface area contributed by atoms with Gasteiger partial charge in [-0.2, -0.15) is 9.61 Å². The minimum atomic E-state index is -0.0692. The van der Waals surface area contributed by atoms with Gasteiger partial charge < -0.3 is 0 Å². The van der Waals surface area contributed by atoms with Crippen molar-refractivity contribution in [2.75, 3.05) is 20.6 Å². The van der Waals surface area contributed by atoms with E-state index in [-0.39, 0.29) is 5.56 Å². The highest BCUT2D eigenvalue weighted by Crippen LogP contribution is 2.41. The molecule has 2 aromatic heterocycles. The van der Waals surface area contributed by atoms with E-state index in [9.17, 15) is 4.79 Å². The summed E-state index contributed by atoms with van der Waals surface area (Å²) in [5.74, 6) is 0.543. The minimum Gasteiger partial charge on any atom is -0.299 e. The monoisotopic (exact) mass is 395 g/mol. The summed E-state index contributed by atoms with van der Waals surface area (Å²) in [6.45, 7) is 2.61. The van der Waals surface area contributed by atoms with E-state index < -0.39 is 0 Å². The zero-order chi connectivity index (χ0) is 19.3. The van der Waals surface area contributed by atoms with Gasteiger partial charge in [-0.05, 0) is 44.5 Å². The standard InChI is InChI=1S/C21H25N5OS/c1-24(13-18-9-15-5-3-4-6-16(15)11-25(18)2)12-17-10-19(27)26-21(22-17)28-20(23-26)14-7-8-14/h3-6,10,14,18H,7-9,11-13H2,1-2H3. The molecular formula is C21H25N5OS. The summed E-state index contributed by atoms with van der Waals surface area (Å²) in [7, 11) is 4.31. The summed E-state index contributed by atoms with van der Waals surface area (Å²) in [6.07, 6.45) is 3.43. The smallest absolute Gasteiger partial charge is 0.275 e. The van der Waals surface area contributed by atoms with Crippen molar-refractivity contribution in [1.82, 2.24) is 24.4 Å². The zero-order valence-electron chi connectivity index (χ0n) is 16.3. The van der Waals surface area contributed by atoms with E-state index in [4.69, 9.17) is 4.98 Å². The molecule has 1 atom stereocenters. The fourth-order valence-electron chi connectivity index (χ4n) is 4.07. The van der Waals surface area contributed by atoms with E-state index in [2.05, 4.69) is 53.3 Å². The molecule has 0 amide bonds. The van der Waals surface area contributed by atoms with Crippen molar-refractivity contribution in [1.29, 1.82) is 0 Å². The predicted molar refractivity (Wildman–Crippen MR) is 111 cm³/mol. The number of rotatable bonds is 5. The summed E-state index contributed by atoms with van der Waals surface area (Å²) in [5, 5.41) is 5.51. The van der Waals surface area contributed by atoms with Crippen LogP contribution in [0.4, 0.5) is 0 Å². The Kier molecular flexibility index (Phi) is 4.53. The summed E-state index contributed by atoms with van der Waals surface area (Å²) >= 11 is 1.57. The number of aromatic nitrogens is 3. The molecule has 0 radical (unpaired) electrons. The van der Waals surface area contributed by atoms with Gasteiger partial charge in [0.05, 0.1) is 5.69 Å². The lowest BCUT2D eigenvalue weighted by molar-refractivity contribution is 0.158. The van der Waals surface area contributed by atoms with Crippen molar-refractivity contribution in [2.24, 2.45) is 0 Å². The van der Waals surface area contributed by atoms with Crippen LogP contribution in [0.1, 0.15) is 40.6 Å². The van der Waals surface area contributed by atoms with Crippen molar-refractivity contribution in [3.05, 3.63) is 62.5 Å². The molecule has 5 rings (SSSR count). The molecule has 2 aliphatic rings. The second-order valence-corrected chi connectivity index (χ2v) is 9.22. The molecule has 1 saturated carbocycles. The molecule has 1 unspecified atom stereocenters. The van der Waals surface area contributed by atoms with E-state index in [1.807, 2.05) is 0 Å². The average Bonchev–Trinajstić information content (AvgIpc) is 3.42. The van der Waals surface area contributed by atoms with Crippen LogP contribution in [0.25, 0.3) is 4.96 Å². The third-order valence-electron chi connectivity index (χ3n) is 5.81. The molecule has 7 heteroatoms. The van der Waals surface area contributed by atoms with Crippen LogP contribution >= 0.6 is 11.3 Å². The maximum atomic E-state index is 12.5. The average molecular weight is 396 g/mol. The number of hydrogen-bond acceptors (Lipinski definition) is 6. The molecule has 3 heterocycles. The van der Waals surface area contributed by atoms with Gasteiger partial charge in [-0.25, -0.2) is 4.98 Å². The third kappa shape index (κ3) is 3.50. The Morgan fingerprint density at radius 1 is 1.25 bits per heavy atom. The lowest BCUT2D eigenvalue weighted by Crippen LogP contribution is -2.44. The van der Waals surface area contributed by atoms with Gasteiger partial charge in [0.25, 0.3) is 5.56 Å². The lowest BCUT2D eigenvalue weighted by Gasteiger charge is -2.36. The molecule has 1 aliphatic carbocycles. The maximum absolute atomic E-state index is 12.5. The zero-order valence-corrected chi connectivity index (χ0v) is 17.2. The van der Waals surface area contributed by atoms with E-state index in [1.165, 1.54) is 28.5 Å². The number of fused-ring (bicyclic) bond motifs is 2. The first-order valence-corrected chi connectivity index (χ1v) is 10.7. The first kappa shape index (κ1) is 18.0. The highest BCUT2D eigenvalue weighted by atomic mass is 32.1. The van der Waals surface area contributed by atoms with Gasteiger partial charge in [0.1, 0.15) is 5.01 Å². The topological polar surface area (TPSA) is 53.7 Å². The van der Waals surface area contributed by atoms with Crippen LogP contribution in [-0.4, -0.2) is 51.1 Å². The largest absolute Gasteiger partial charge is 0.299 e. The first-order valence-electron chi connectivity index (χ1n) is 9.92. The Morgan fingerprint density at radius 2 is 2.04 bits per heavy atom. The van der Waals surface area contributed by atoms with Crippen LogP contribution in [0.2, 0.25) is 0 Å². The highest BCUT2D eigenvalue weighted by molar-refractivity contribution is 7.16. The highest BCUT2D eigenvalue weighted by Gasteiger charge is 2.28. The van der Waals surface area contributed by atoms with Crippen LogP contribution in [-0.2, 0) is 19.5 Å². The molecule has 1 aromatic carbocycles. The molecule has 146 valence electrons. The quantitative estimate of drug-likeness (QED) is 0.664. The summed E-state index contributed by atoms with van der Waals surface area (Å²) in [5.41, 5.74) is 3.65. The second-order valence-electron chi connectivity index (χ2n) is 8.23. The minimum absolute atomic E-state index is 0.0692. The van der Waals surface area contributed by atoms with E-state index in [1.54, 1.807) is 17.4 Å². The van der Waals surface area contributed by atoms with Gasteiger partial charge in [-0.1, -0.05) is 35.6 Å². The van der Waals surface area contributed by atoms with Gasteiger partial charge in [0, 0.05) is 37.7 Å². The van der Waals surface area contributed by atoms with Gasteiger partial charge in [0.2, 0.25) is 4.96 Å². The van der Waals surface area contributed by atoms with Crippen molar-refractivity contribution < 1.29 is 0 Å². The van der Waals surface area contributed by atoms with Gasteiger partial charge in [-0.15, -0.1) is 0 Å². The summed E-state index contributed by atoms with van der Waals surface area (Å²) < 4.78 is 1.47. The number of hydrogen-bond donors (Lipinski definition) is 0. The number of benzene rings is 1. The number of nitrogens with zero attached hydrogens (tertiary/aromatic N) is 5. The van der Waals surface area contributed by atoms with E-state index in [0.717, 1.165) is 35.2 Å². The Morgan fingerprint density at radius 3 is 2.82 bits per heavy atom. The van der Waals surface area contributed by atoms with Crippen molar-refractivity contribution in [3.8, 4) is 0 Å². The molecule has 0 N–H and O–H groups in total. The first-order chi connectivity index (χ1) is 13.6. The molecule has 0 bridgehead atoms. The summed E-state index contributed by atoms with van der Waals surface area (Å²) in [6, 6.07) is 10.8. The summed E-state index contributed by atoms with van der Waals surface area (Å²) in [4.78, 5) is 22.6. The van der Waals surface area contributed by atoms with Crippen LogP contribution in [0.5, 0.6) is 0 Å². The van der Waals surface area contributed by atoms with Crippen LogP contribution in [0.15, 0.2) is 35.1 Å². The fourth-order valence-corrected chi connectivity index (χ4v) is 5.16. The van der Waals surface area contributed by atoms with Gasteiger partial charge in [0.15, 0.2) is 0 Å². The van der Waals surface area contributed by atoms with Gasteiger partial charge in [-0.3, -0.25) is 14.6 Å². The van der Waals surface area contributed by atoms with Crippen LogP contribution < -0.4 is 5.56 Å². The van der Waals surface area contributed by atoms with Crippen molar-refractivity contribution in [3.63, 3.8) is 0 Å². The van der Waals surface area contributed by atoms with Crippen LogP contribution in [0, 0.1) is 0 Å². The van der Waals surface area contributed by atoms with E-state index >= 15 is 0 Å². The predicted octanol–water partition coefficient (Wildman–Crippen LogP) is 2.52. The van der Waals surface area contributed by atoms with Gasteiger partial charge >= 0.3 is 0 Å². The lowest BCUT2D eigenvalue weighted by atomic mass is 9.94. The van der Waals surface area contributed by atoms with Crippen LogP contribution in [0.3, 0.4) is 0 Å². The SMILES string of the molecule is CN(Cc1cc(=O)n2nc(C3CC3)sc2n1)CC1Cc2ccccc2CN1C. The molecule has 0 spiro atoms. The van der Waals surface area contributed by atoms with E-state index in [0.29, 0.717) is 18.5 Å². The Bertz CT molecular complexity index is 1070. The molecule has 6 nitrogen and oxygen atoms in total. The van der Waals surface area contributed by atoms with Crippen molar-refractivity contribution in [2.45, 2.75) is 44.3 Å². The third-order valence-corrected chi connectivity index (χ3v) is 6.88. The Balaban J connectivity index is 1.30. The second kappa shape index (κ2) is 7.06. The molecule has 3 aromatic rings. The Hall–Kier alpha value is -2.09. The Labute approximate surface area is 168 Å². The maximum Gasteiger partial charge on any atom is 0.275 e. The molecule has 1 aliphatic heterocycles. The molecule has 0 saturated heterocycles. The normalized spacial score (nSPS) is 20.0.